The Bertz CT molecular complexity index is 644. The van der Waals surface area contributed by atoms with Crippen molar-refractivity contribution in [3.63, 3.8) is 0 Å². The van der Waals surface area contributed by atoms with Crippen LogP contribution in [-0.2, 0) is 10.0 Å². The molecule has 0 heterocycles. The van der Waals surface area contributed by atoms with Crippen molar-refractivity contribution in [2.75, 3.05) is 11.9 Å². The van der Waals surface area contributed by atoms with Crippen LogP contribution in [0.4, 0.5) is 5.69 Å². The Labute approximate surface area is 144 Å². The molecule has 1 rings (SSSR count). The Morgan fingerprint density at radius 2 is 1.92 bits per heavy atom. The first-order valence-corrected chi connectivity index (χ1v) is 9.93. The number of carbonyl (C=O) groups is 1. The molecule has 24 heavy (non-hydrogen) atoms. The Balaban J connectivity index is 3.10. The average Bonchev–Trinajstić information content (AvgIpc) is 2.51. The summed E-state index contributed by atoms with van der Waals surface area (Å²) in [6.07, 6.45) is 4.63. The minimum Gasteiger partial charge on any atom is -0.478 e. The summed E-state index contributed by atoms with van der Waals surface area (Å²) in [5, 5.41) is 12.3. The van der Waals surface area contributed by atoms with Gasteiger partial charge in [-0.2, -0.15) is 0 Å². The van der Waals surface area contributed by atoms with E-state index in [0.717, 1.165) is 32.1 Å². The van der Waals surface area contributed by atoms with Crippen LogP contribution in [0.2, 0.25) is 0 Å². The second-order valence-corrected chi connectivity index (χ2v) is 7.64. The van der Waals surface area contributed by atoms with Gasteiger partial charge in [-0.05, 0) is 38.0 Å². The molecule has 1 atom stereocenters. The van der Waals surface area contributed by atoms with E-state index in [-0.39, 0.29) is 16.5 Å². The highest BCUT2D eigenvalue weighted by Crippen LogP contribution is 2.24. The zero-order valence-corrected chi connectivity index (χ0v) is 15.4. The lowest BCUT2D eigenvalue weighted by atomic mass is 10.2. The highest BCUT2D eigenvalue weighted by molar-refractivity contribution is 7.89. The molecule has 0 fully saturated rings. The van der Waals surface area contributed by atoms with Crippen LogP contribution >= 0.6 is 0 Å². The van der Waals surface area contributed by atoms with Gasteiger partial charge in [0.15, 0.2) is 0 Å². The maximum absolute atomic E-state index is 12.7. The highest BCUT2D eigenvalue weighted by Gasteiger charge is 2.22. The number of unbranched alkanes of at least 4 members (excludes halogenated alkanes) is 2. The van der Waals surface area contributed by atoms with Gasteiger partial charge in [-0.15, -0.1) is 0 Å². The Kier molecular flexibility index (Phi) is 8.21. The maximum Gasteiger partial charge on any atom is 0.335 e. The molecule has 0 aliphatic carbocycles. The summed E-state index contributed by atoms with van der Waals surface area (Å²) in [6.45, 7) is 6.52. The number of hydrogen-bond acceptors (Lipinski definition) is 4. The molecule has 1 aromatic carbocycles. The van der Waals surface area contributed by atoms with Gasteiger partial charge in [-0.1, -0.05) is 33.1 Å². The van der Waals surface area contributed by atoms with E-state index in [1.807, 2.05) is 6.92 Å². The second-order valence-electron chi connectivity index (χ2n) is 5.96. The molecule has 136 valence electrons. The number of nitrogens with one attached hydrogen (secondary N) is 2. The van der Waals surface area contributed by atoms with Gasteiger partial charge in [0.05, 0.1) is 11.3 Å². The lowest BCUT2D eigenvalue weighted by molar-refractivity contribution is 0.0696. The molecule has 7 heteroatoms. The number of carboxylic acid groups (broad SMARTS) is 1. The zero-order valence-electron chi connectivity index (χ0n) is 14.6. The zero-order chi connectivity index (χ0) is 18.2. The molecule has 0 aliphatic rings. The summed E-state index contributed by atoms with van der Waals surface area (Å²) in [7, 11) is -3.79. The molecule has 0 aliphatic heterocycles. The van der Waals surface area contributed by atoms with Crippen LogP contribution in [0.25, 0.3) is 0 Å². The topological polar surface area (TPSA) is 95.5 Å². The molecule has 1 aromatic rings. The van der Waals surface area contributed by atoms with Crippen LogP contribution in [-0.4, -0.2) is 32.1 Å². The minimum absolute atomic E-state index is 0.0122. The van der Waals surface area contributed by atoms with E-state index in [1.165, 1.54) is 18.2 Å². The number of aromatic carboxylic acids is 1. The predicted octanol–water partition coefficient (Wildman–Crippen LogP) is 3.45. The summed E-state index contributed by atoms with van der Waals surface area (Å²) in [6, 6.07) is 3.94. The summed E-state index contributed by atoms with van der Waals surface area (Å²) in [5.41, 5.74) is 0.393. The third-order valence-corrected chi connectivity index (χ3v) is 5.32. The third kappa shape index (κ3) is 6.13. The number of carboxylic acids is 1. The van der Waals surface area contributed by atoms with E-state index < -0.39 is 16.0 Å². The van der Waals surface area contributed by atoms with E-state index in [1.54, 1.807) is 6.92 Å². The summed E-state index contributed by atoms with van der Waals surface area (Å²) < 4.78 is 27.9. The van der Waals surface area contributed by atoms with E-state index in [4.69, 9.17) is 5.11 Å². The first kappa shape index (κ1) is 20.4. The number of rotatable bonds is 11. The van der Waals surface area contributed by atoms with Crippen LogP contribution in [0.5, 0.6) is 0 Å². The van der Waals surface area contributed by atoms with Gasteiger partial charge in [0.2, 0.25) is 10.0 Å². The fourth-order valence-electron chi connectivity index (χ4n) is 2.44. The number of anilines is 1. The number of benzene rings is 1. The van der Waals surface area contributed by atoms with Gasteiger partial charge in [0.1, 0.15) is 4.90 Å². The van der Waals surface area contributed by atoms with Crippen LogP contribution in [0.1, 0.15) is 63.2 Å². The van der Waals surface area contributed by atoms with Gasteiger partial charge in [-0.3, -0.25) is 0 Å². The molecule has 0 unspecified atom stereocenters. The van der Waals surface area contributed by atoms with Crippen LogP contribution in [0.3, 0.4) is 0 Å². The monoisotopic (exact) mass is 356 g/mol. The van der Waals surface area contributed by atoms with Gasteiger partial charge in [0, 0.05) is 12.6 Å². The molecule has 3 N–H and O–H groups in total. The lowest BCUT2D eigenvalue weighted by Crippen LogP contribution is -2.33. The molecule has 0 radical (unpaired) electrons. The van der Waals surface area contributed by atoms with Crippen molar-refractivity contribution < 1.29 is 18.3 Å². The van der Waals surface area contributed by atoms with E-state index in [0.29, 0.717) is 12.2 Å². The summed E-state index contributed by atoms with van der Waals surface area (Å²) in [5.74, 6) is -1.15. The Morgan fingerprint density at radius 1 is 1.21 bits per heavy atom. The molecule has 0 amide bonds. The molecular weight excluding hydrogens is 328 g/mol. The first-order valence-electron chi connectivity index (χ1n) is 8.45. The normalized spacial score (nSPS) is 12.8. The van der Waals surface area contributed by atoms with Gasteiger partial charge in [-0.25, -0.2) is 17.9 Å². The van der Waals surface area contributed by atoms with Crippen molar-refractivity contribution in [2.45, 2.75) is 63.8 Å². The number of sulfonamides is 1. The SMILES string of the molecule is CCCCCNc1ccc(C(=O)O)cc1S(=O)(=O)N[C@H](C)CCC. The van der Waals surface area contributed by atoms with Crippen molar-refractivity contribution in [3.8, 4) is 0 Å². The van der Waals surface area contributed by atoms with Gasteiger partial charge in [0.25, 0.3) is 0 Å². The fourth-order valence-corrected chi connectivity index (χ4v) is 3.93. The molecule has 0 bridgehead atoms. The summed E-state index contributed by atoms with van der Waals surface area (Å²) in [4.78, 5) is 11.2. The smallest absolute Gasteiger partial charge is 0.335 e. The first-order chi connectivity index (χ1) is 11.3. The Hall–Kier alpha value is -1.60. The Morgan fingerprint density at radius 3 is 2.50 bits per heavy atom. The van der Waals surface area contributed by atoms with Crippen molar-refractivity contribution >= 4 is 21.7 Å². The molecule has 0 aromatic heterocycles. The molecule has 0 saturated carbocycles. The predicted molar refractivity (Wildman–Crippen MR) is 96.1 cm³/mol. The third-order valence-electron chi connectivity index (χ3n) is 3.69. The minimum atomic E-state index is -3.79. The molecule has 6 nitrogen and oxygen atoms in total. The van der Waals surface area contributed by atoms with Crippen LogP contribution < -0.4 is 10.0 Å². The second kappa shape index (κ2) is 9.64. The number of hydrogen-bond donors (Lipinski definition) is 3. The molecule has 0 saturated heterocycles. The standard InChI is InChI=1S/C17H28N2O4S/c1-4-6-7-11-18-15-10-9-14(17(20)21)12-16(15)24(22,23)19-13(3)8-5-2/h9-10,12-13,18-19H,4-8,11H2,1-3H3,(H,20,21)/t13-/m1/s1. The van der Waals surface area contributed by atoms with E-state index in [2.05, 4.69) is 17.0 Å². The average molecular weight is 356 g/mol. The molecular formula is C17H28N2O4S. The van der Waals surface area contributed by atoms with Crippen LogP contribution in [0.15, 0.2) is 23.1 Å². The largest absolute Gasteiger partial charge is 0.478 e. The van der Waals surface area contributed by atoms with Crippen molar-refractivity contribution in [1.29, 1.82) is 0 Å². The van der Waals surface area contributed by atoms with Gasteiger partial charge >= 0.3 is 5.97 Å². The lowest BCUT2D eigenvalue weighted by Gasteiger charge is -2.17. The van der Waals surface area contributed by atoms with Gasteiger partial charge < -0.3 is 10.4 Å². The summed E-state index contributed by atoms with van der Waals surface area (Å²) >= 11 is 0. The van der Waals surface area contributed by atoms with Crippen LogP contribution in [0, 0.1) is 0 Å². The fraction of sp³-hybridized carbons (Fsp3) is 0.588. The quantitative estimate of drug-likeness (QED) is 0.528. The van der Waals surface area contributed by atoms with Crippen molar-refractivity contribution in [3.05, 3.63) is 23.8 Å². The maximum atomic E-state index is 12.7. The van der Waals surface area contributed by atoms with Crippen molar-refractivity contribution in [2.24, 2.45) is 0 Å². The van der Waals surface area contributed by atoms with E-state index in [9.17, 15) is 13.2 Å². The highest BCUT2D eigenvalue weighted by atomic mass is 32.2. The molecule has 0 spiro atoms. The van der Waals surface area contributed by atoms with E-state index >= 15 is 0 Å². The van der Waals surface area contributed by atoms with Crippen molar-refractivity contribution in [1.82, 2.24) is 4.72 Å².